The molecule has 0 aliphatic heterocycles. The normalized spacial score (nSPS) is 10.2. The number of aryl methyl sites for hydroxylation is 1. The summed E-state index contributed by atoms with van der Waals surface area (Å²) in [6.07, 6.45) is 1.54. The van der Waals surface area contributed by atoms with Crippen LogP contribution in [0.5, 0.6) is 5.75 Å². The van der Waals surface area contributed by atoms with Crippen molar-refractivity contribution in [3.05, 3.63) is 64.7 Å². The summed E-state index contributed by atoms with van der Waals surface area (Å²) in [5, 5.41) is 6.38. The summed E-state index contributed by atoms with van der Waals surface area (Å²) >= 11 is 5.84. The second-order valence-corrected chi connectivity index (χ2v) is 6.01. The number of urea groups is 1. The molecule has 0 saturated heterocycles. The Labute approximate surface area is 148 Å². The predicted molar refractivity (Wildman–Crippen MR) is 97.8 cm³/mol. The number of ether oxygens (including phenoxy) is 1. The van der Waals surface area contributed by atoms with E-state index in [2.05, 4.69) is 10.6 Å². The first-order valence-corrected chi connectivity index (χ1v) is 8.47. The van der Waals surface area contributed by atoms with Crippen LogP contribution < -0.4 is 15.4 Å². The summed E-state index contributed by atoms with van der Waals surface area (Å²) in [5.74, 6) is 0.855. The first-order chi connectivity index (χ1) is 11.6. The van der Waals surface area contributed by atoms with E-state index in [1.807, 2.05) is 55.5 Å². The Hall–Kier alpha value is -2.20. The quantitative estimate of drug-likeness (QED) is 0.711. The van der Waals surface area contributed by atoms with Crippen molar-refractivity contribution in [1.29, 1.82) is 0 Å². The molecule has 0 radical (unpaired) electrons. The van der Waals surface area contributed by atoms with Crippen molar-refractivity contribution in [2.45, 2.75) is 19.8 Å². The van der Waals surface area contributed by atoms with Gasteiger partial charge in [0.05, 0.1) is 6.61 Å². The largest absolute Gasteiger partial charge is 0.494 e. The minimum absolute atomic E-state index is 0.153. The Bertz CT molecular complexity index is 627. The maximum absolute atomic E-state index is 11.7. The fourth-order valence-corrected chi connectivity index (χ4v) is 2.26. The topological polar surface area (TPSA) is 50.4 Å². The van der Waals surface area contributed by atoms with E-state index in [-0.39, 0.29) is 6.03 Å². The zero-order chi connectivity index (χ0) is 17.2. The number of nitrogens with one attached hydrogen (secondary N) is 2. The van der Waals surface area contributed by atoms with Gasteiger partial charge < -0.3 is 15.4 Å². The van der Waals surface area contributed by atoms with Gasteiger partial charge in [0.25, 0.3) is 0 Å². The number of hydrogen-bond acceptors (Lipinski definition) is 2. The van der Waals surface area contributed by atoms with Crippen molar-refractivity contribution in [3.8, 4) is 5.75 Å². The summed E-state index contributed by atoms with van der Waals surface area (Å²) in [6.45, 7) is 3.79. The van der Waals surface area contributed by atoms with Gasteiger partial charge >= 0.3 is 6.03 Å². The molecule has 0 unspecified atom stereocenters. The second kappa shape index (κ2) is 9.83. The molecule has 0 bridgehead atoms. The van der Waals surface area contributed by atoms with E-state index in [0.29, 0.717) is 19.7 Å². The van der Waals surface area contributed by atoms with Gasteiger partial charge in [-0.1, -0.05) is 41.4 Å². The first kappa shape index (κ1) is 18.1. The summed E-state index contributed by atoms with van der Waals surface area (Å²) in [4.78, 5) is 11.7. The molecular weight excluding hydrogens is 324 g/mol. The molecule has 128 valence electrons. The Morgan fingerprint density at radius 3 is 2.38 bits per heavy atom. The lowest BCUT2D eigenvalue weighted by molar-refractivity contribution is 0.239. The summed E-state index contributed by atoms with van der Waals surface area (Å²) in [7, 11) is 0. The molecule has 2 amide bonds. The lowest BCUT2D eigenvalue weighted by Crippen LogP contribution is -2.37. The third-order valence-corrected chi connectivity index (χ3v) is 3.76. The highest BCUT2D eigenvalue weighted by molar-refractivity contribution is 6.30. The number of rotatable bonds is 8. The third-order valence-electron chi connectivity index (χ3n) is 3.51. The van der Waals surface area contributed by atoms with Gasteiger partial charge in [-0.2, -0.15) is 0 Å². The first-order valence-electron chi connectivity index (χ1n) is 8.09. The molecule has 2 aromatic rings. The molecular formula is C19H23ClN2O2. The van der Waals surface area contributed by atoms with Crippen LogP contribution >= 0.6 is 11.6 Å². The van der Waals surface area contributed by atoms with Crippen LogP contribution in [-0.4, -0.2) is 25.7 Å². The van der Waals surface area contributed by atoms with Crippen LogP contribution in [0.4, 0.5) is 4.79 Å². The maximum Gasteiger partial charge on any atom is 0.314 e. The van der Waals surface area contributed by atoms with E-state index < -0.39 is 0 Å². The van der Waals surface area contributed by atoms with E-state index in [9.17, 15) is 4.79 Å². The van der Waals surface area contributed by atoms with Crippen molar-refractivity contribution in [3.63, 3.8) is 0 Å². The molecule has 24 heavy (non-hydrogen) atoms. The zero-order valence-corrected chi connectivity index (χ0v) is 14.6. The van der Waals surface area contributed by atoms with Crippen LogP contribution in [0.1, 0.15) is 17.5 Å². The maximum atomic E-state index is 11.7. The lowest BCUT2D eigenvalue weighted by Gasteiger charge is -2.09. The molecule has 0 atom stereocenters. The molecule has 2 rings (SSSR count). The van der Waals surface area contributed by atoms with Gasteiger partial charge in [-0.15, -0.1) is 0 Å². The van der Waals surface area contributed by atoms with Gasteiger partial charge in [-0.25, -0.2) is 4.79 Å². The molecule has 0 aliphatic rings. The summed E-state index contributed by atoms with van der Waals surface area (Å²) < 4.78 is 5.61. The molecule has 2 aromatic carbocycles. The predicted octanol–water partition coefficient (Wildman–Crippen LogP) is 3.96. The van der Waals surface area contributed by atoms with Crippen LogP contribution in [0.3, 0.4) is 0 Å². The Balaban J connectivity index is 1.51. The molecule has 4 nitrogen and oxygen atoms in total. The van der Waals surface area contributed by atoms with Crippen molar-refractivity contribution >= 4 is 17.6 Å². The number of carbonyl (C=O) groups is 1. The van der Waals surface area contributed by atoms with Gasteiger partial charge in [0.15, 0.2) is 0 Å². The van der Waals surface area contributed by atoms with Crippen LogP contribution in [-0.2, 0) is 6.42 Å². The molecule has 0 heterocycles. The lowest BCUT2D eigenvalue weighted by atomic mass is 10.1. The number of amides is 2. The van der Waals surface area contributed by atoms with Gasteiger partial charge in [-0.3, -0.25) is 0 Å². The fourth-order valence-electron chi connectivity index (χ4n) is 2.13. The zero-order valence-electron chi connectivity index (χ0n) is 13.8. The van der Waals surface area contributed by atoms with Crippen LogP contribution in [0.2, 0.25) is 5.02 Å². The van der Waals surface area contributed by atoms with E-state index in [4.69, 9.17) is 16.3 Å². The number of hydrogen-bond donors (Lipinski definition) is 2. The van der Waals surface area contributed by atoms with Crippen LogP contribution in [0, 0.1) is 6.92 Å². The van der Waals surface area contributed by atoms with Crippen LogP contribution in [0.15, 0.2) is 48.5 Å². The molecule has 0 aromatic heterocycles. The van der Waals surface area contributed by atoms with Gasteiger partial charge in [0, 0.05) is 18.1 Å². The van der Waals surface area contributed by atoms with Gasteiger partial charge in [-0.05, 0) is 49.6 Å². The number of halogens is 1. The monoisotopic (exact) mass is 346 g/mol. The minimum Gasteiger partial charge on any atom is -0.494 e. The highest BCUT2D eigenvalue weighted by atomic mass is 35.5. The molecule has 0 spiro atoms. The van der Waals surface area contributed by atoms with Crippen molar-refractivity contribution in [2.24, 2.45) is 0 Å². The minimum atomic E-state index is -0.153. The summed E-state index contributed by atoms with van der Waals surface area (Å²) in [6, 6.07) is 15.4. The molecule has 0 fully saturated rings. The van der Waals surface area contributed by atoms with Crippen molar-refractivity contribution in [2.75, 3.05) is 19.7 Å². The standard InChI is InChI=1S/C19H23ClN2O2/c1-15-3-9-18(10-4-15)24-14-2-12-21-19(23)22-13-11-16-5-7-17(20)8-6-16/h3-10H,2,11-14H2,1H3,(H2,21,22,23). The van der Waals surface area contributed by atoms with E-state index in [1.54, 1.807) is 0 Å². The van der Waals surface area contributed by atoms with Crippen LogP contribution in [0.25, 0.3) is 0 Å². The smallest absolute Gasteiger partial charge is 0.314 e. The number of carbonyl (C=O) groups excluding carboxylic acids is 1. The van der Waals surface area contributed by atoms with Gasteiger partial charge in [0.1, 0.15) is 5.75 Å². The average Bonchev–Trinajstić information content (AvgIpc) is 2.58. The molecule has 5 heteroatoms. The van der Waals surface area contributed by atoms with E-state index in [1.165, 1.54) is 5.56 Å². The number of benzene rings is 2. The van der Waals surface area contributed by atoms with E-state index in [0.717, 1.165) is 29.2 Å². The molecule has 0 saturated carbocycles. The molecule has 0 aliphatic carbocycles. The van der Waals surface area contributed by atoms with Gasteiger partial charge in [0.2, 0.25) is 0 Å². The van der Waals surface area contributed by atoms with Crippen molar-refractivity contribution in [1.82, 2.24) is 10.6 Å². The Morgan fingerprint density at radius 2 is 1.67 bits per heavy atom. The van der Waals surface area contributed by atoms with Crippen molar-refractivity contribution < 1.29 is 9.53 Å². The fraction of sp³-hybridized carbons (Fsp3) is 0.316. The highest BCUT2D eigenvalue weighted by Gasteiger charge is 2.00. The SMILES string of the molecule is Cc1ccc(OCCCNC(=O)NCCc2ccc(Cl)cc2)cc1. The molecule has 2 N–H and O–H groups in total. The van der Waals surface area contributed by atoms with E-state index >= 15 is 0 Å². The Morgan fingerprint density at radius 1 is 1.00 bits per heavy atom. The second-order valence-electron chi connectivity index (χ2n) is 5.57. The summed E-state index contributed by atoms with van der Waals surface area (Å²) in [5.41, 5.74) is 2.35. The third kappa shape index (κ3) is 6.92. The Kier molecular flexibility index (Phi) is 7.43. The average molecular weight is 347 g/mol. The highest BCUT2D eigenvalue weighted by Crippen LogP contribution is 2.11.